The standard InChI is InChI=1S/C32H23ClO6/c1-21-3-2-4-26(17-21)38-30-20-37-29-18-27(14-15-28(29)32(30)35)39-31(34)16-9-22-7-12-25(13-8-22)36-19-23-5-10-24(33)11-6-23/h2-18,20H,19H2,1H3/b16-9+. The van der Waals surface area contributed by atoms with E-state index in [9.17, 15) is 9.59 Å². The smallest absolute Gasteiger partial charge is 0.336 e. The van der Waals surface area contributed by atoms with Gasteiger partial charge in [-0.1, -0.05) is 48.0 Å². The second kappa shape index (κ2) is 11.7. The summed E-state index contributed by atoms with van der Waals surface area (Å²) in [5.74, 6) is 0.994. The molecule has 0 aliphatic carbocycles. The van der Waals surface area contributed by atoms with Crippen molar-refractivity contribution in [2.24, 2.45) is 0 Å². The van der Waals surface area contributed by atoms with Gasteiger partial charge in [-0.3, -0.25) is 4.79 Å². The van der Waals surface area contributed by atoms with Crippen LogP contribution in [-0.4, -0.2) is 5.97 Å². The first-order chi connectivity index (χ1) is 18.9. The number of fused-ring (bicyclic) bond motifs is 1. The van der Waals surface area contributed by atoms with E-state index < -0.39 is 5.97 Å². The lowest BCUT2D eigenvalue weighted by atomic mass is 10.2. The van der Waals surface area contributed by atoms with E-state index in [0.29, 0.717) is 28.5 Å². The van der Waals surface area contributed by atoms with Crippen molar-refractivity contribution in [2.75, 3.05) is 0 Å². The Balaban J connectivity index is 1.19. The average molecular weight is 539 g/mol. The Kier molecular flexibility index (Phi) is 7.75. The number of rotatable bonds is 8. The molecule has 5 aromatic rings. The van der Waals surface area contributed by atoms with E-state index in [1.165, 1.54) is 24.5 Å². The molecule has 5 rings (SSSR count). The zero-order valence-corrected chi connectivity index (χ0v) is 21.7. The zero-order valence-electron chi connectivity index (χ0n) is 20.9. The van der Waals surface area contributed by atoms with Crippen LogP contribution in [0.25, 0.3) is 17.0 Å². The Labute approximate surface area is 229 Å². The molecule has 4 aromatic carbocycles. The molecule has 0 atom stereocenters. The van der Waals surface area contributed by atoms with Crippen molar-refractivity contribution in [1.82, 2.24) is 0 Å². The first-order valence-corrected chi connectivity index (χ1v) is 12.5. The maximum atomic E-state index is 12.8. The summed E-state index contributed by atoms with van der Waals surface area (Å²) in [5, 5.41) is 0.993. The quantitative estimate of drug-likeness (QED) is 0.114. The lowest BCUT2D eigenvalue weighted by Crippen LogP contribution is -2.06. The molecule has 0 unspecified atom stereocenters. The fourth-order valence-electron chi connectivity index (χ4n) is 3.77. The number of aryl methyl sites for hydroxylation is 1. The molecule has 0 fully saturated rings. The SMILES string of the molecule is Cc1cccc(Oc2coc3cc(OC(=O)/C=C/c4ccc(OCc5ccc(Cl)cc5)cc4)ccc3c2=O)c1. The van der Waals surface area contributed by atoms with Gasteiger partial charge in [0.15, 0.2) is 0 Å². The second-order valence-electron chi connectivity index (χ2n) is 8.74. The minimum atomic E-state index is -0.570. The van der Waals surface area contributed by atoms with Crippen molar-refractivity contribution >= 4 is 34.6 Å². The van der Waals surface area contributed by atoms with Crippen LogP contribution in [0.3, 0.4) is 0 Å². The molecule has 0 aliphatic heterocycles. The van der Waals surface area contributed by atoms with E-state index in [-0.39, 0.29) is 22.5 Å². The highest BCUT2D eigenvalue weighted by Crippen LogP contribution is 2.25. The first-order valence-electron chi connectivity index (χ1n) is 12.1. The highest BCUT2D eigenvalue weighted by molar-refractivity contribution is 6.30. The maximum Gasteiger partial charge on any atom is 0.336 e. The molecule has 0 spiro atoms. The minimum absolute atomic E-state index is 0.0715. The summed E-state index contributed by atoms with van der Waals surface area (Å²) in [4.78, 5) is 25.2. The van der Waals surface area contributed by atoms with Crippen LogP contribution in [-0.2, 0) is 11.4 Å². The molecule has 0 amide bonds. The summed E-state index contributed by atoms with van der Waals surface area (Å²) in [5.41, 5.74) is 2.78. The van der Waals surface area contributed by atoms with Crippen molar-refractivity contribution in [3.63, 3.8) is 0 Å². The highest BCUT2D eigenvalue weighted by Gasteiger charge is 2.11. The number of carbonyl (C=O) groups is 1. The van der Waals surface area contributed by atoms with Crippen LogP contribution in [0.4, 0.5) is 0 Å². The van der Waals surface area contributed by atoms with E-state index in [1.54, 1.807) is 18.2 Å². The van der Waals surface area contributed by atoms with Crippen molar-refractivity contribution < 1.29 is 23.4 Å². The number of halogens is 1. The van der Waals surface area contributed by atoms with Gasteiger partial charge in [0.05, 0.1) is 5.39 Å². The first kappa shape index (κ1) is 25.8. The summed E-state index contributed by atoms with van der Waals surface area (Å²) in [6.45, 7) is 2.36. The third-order valence-electron chi connectivity index (χ3n) is 5.76. The van der Waals surface area contributed by atoms with Crippen molar-refractivity contribution in [3.05, 3.63) is 135 Å². The van der Waals surface area contributed by atoms with Crippen LogP contribution in [0.1, 0.15) is 16.7 Å². The lowest BCUT2D eigenvalue weighted by molar-refractivity contribution is -0.128. The summed E-state index contributed by atoms with van der Waals surface area (Å²) < 4.78 is 22.5. The summed E-state index contributed by atoms with van der Waals surface area (Å²) in [6.07, 6.45) is 4.21. The van der Waals surface area contributed by atoms with Gasteiger partial charge in [-0.2, -0.15) is 0 Å². The predicted molar refractivity (Wildman–Crippen MR) is 151 cm³/mol. The van der Waals surface area contributed by atoms with Crippen molar-refractivity contribution in [3.8, 4) is 23.0 Å². The van der Waals surface area contributed by atoms with Gasteiger partial charge >= 0.3 is 5.97 Å². The summed E-state index contributed by atoms with van der Waals surface area (Å²) >= 11 is 5.90. The van der Waals surface area contributed by atoms with Crippen LogP contribution in [0, 0.1) is 6.92 Å². The molecule has 0 bridgehead atoms. The fraction of sp³-hybridized carbons (Fsp3) is 0.0625. The summed E-state index contributed by atoms with van der Waals surface area (Å²) in [6, 6.07) is 26.7. The van der Waals surface area contributed by atoms with Crippen LogP contribution in [0.5, 0.6) is 23.0 Å². The topological polar surface area (TPSA) is 75.0 Å². The van der Waals surface area contributed by atoms with Gasteiger partial charge in [-0.25, -0.2) is 4.79 Å². The molecule has 1 aromatic heterocycles. The van der Waals surface area contributed by atoms with Gasteiger partial charge in [-0.05, 0) is 78.2 Å². The monoisotopic (exact) mass is 538 g/mol. The van der Waals surface area contributed by atoms with E-state index >= 15 is 0 Å². The molecule has 194 valence electrons. The van der Waals surface area contributed by atoms with Gasteiger partial charge in [0.25, 0.3) is 0 Å². The molecule has 1 heterocycles. The lowest BCUT2D eigenvalue weighted by Gasteiger charge is -2.07. The van der Waals surface area contributed by atoms with E-state index in [4.69, 9.17) is 30.2 Å². The fourth-order valence-corrected chi connectivity index (χ4v) is 3.89. The average Bonchev–Trinajstić information content (AvgIpc) is 2.94. The maximum absolute atomic E-state index is 12.8. The minimum Gasteiger partial charge on any atom is -0.489 e. The van der Waals surface area contributed by atoms with Crippen molar-refractivity contribution in [2.45, 2.75) is 13.5 Å². The Morgan fingerprint density at radius 3 is 2.44 bits per heavy atom. The van der Waals surface area contributed by atoms with Crippen LogP contribution in [0.2, 0.25) is 5.02 Å². The van der Waals surface area contributed by atoms with E-state index in [2.05, 4.69) is 0 Å². The van der Waals surface area contributed by atoms with E-state index in [0.717, 1.165) is 16.7 Å². The van der Waals surface area contributed by atoms with Crippen LogP contribution in [0.15, 0.2) is 113 Å². The van der Waals surface area contributed by atoms with Gasteiger partial charge < -0.3 is 18.6 Å². The molecular weight excluding hydrogens is 516 g/mol. The molecule has 0 saturated carbocycles. The number of hydrogen-bond donors (Lipinski definition) is 0. The molecule has 0 N–H and O–H groups in total. The normalized spacial score (nSPS) is 11.0. The molecule has 7 heteroatoms. The van der Waals surface area contributed by atoms with Gasteiger partial charge in [-0.15, -0.1) is 0 Å². The second-order valence-corrected chi connectivity index (χ2v) is 9.18. The number of esters is 1. The third-order valence-corrected chi connectivity index (χ3v) is 6.01. The van der Waals surface area contributed by atoms with Gasteiger partial charge in [0, 0.05) is 17.2 Å². The molecule has 0 aliphatic rings. The van der Waals surface area contributed by atoms with Crippen LogP contribution < -0.4 is 19.6 Å². The summed E-state index contributed by atoms with van der Waals surface area (Å²) in [7, 11) is 0. The number of carbonyl (C=O) groups excluding carboxylic acids is 1. The van der Waals surface area contributed by atoms with Crippen molar-refractivity contribution in [1.29, 1.82) is 0 Å². The number of benzene rings is 4. The predicted octanol–water partition coefficient (Wildman–Crippen LogP) is 7.74. The Morgan fingerprint density at radius 1 is 0.897 bits per heavy atom. The zero-order chi connectivity index (χ0) is 27.2. The Morgan fingerprint density at radius 2 is 1.67 bits per heavy atom. The number of hydrogen-bond acceptors (Lipinski definition) is 6. The molecule has 0 saturated heterocycles. The van der Waals surface area contributed by atoms with E-state index in [1.807, 2.05) is 73.7 Å². The van der Waals surface area contributed by atoms with Gasteiger partial charge in [0.2, 0.25) is 11.2 Å². The largest absolute Gasteiger partial charge is 0.489 e. The van der Waals surface area contributed by atoms with Crippen LogP contribution >= 0.6 is 11.6 Å². The third kappa shape index (κ3) is 6.74. The highest BCUT2D eigenvalue weighted by atomic mass is 35.5. The van der Waals surface area contributed by atoms with Gasteiger partial charge in [0.1, 0.15) is 35.7 Å². The Hall–Kier alpha value is -4.81. The molecule has 0 radical (unpaired) electrons. The number of ether oxygens (including phenoxy) is 3. The molecular formula is C32H23ClO6. The Bertz CT molecular complexity index is 1700. The molecule has 39 heavy (non-hydrogen) atoms. The molecule has 6 nitrogen and oxygen atoms in total.